The molecule has 0 saturated heterocycles. The van der Waals surface area contributed by atoms with E-state index < -0.39 is 4.92 Å². The third-order valence-electron chi connectivity index (χ3n) is 2.04. The molecule has 0 atom stereocenters. The van der Waals surface area contributed by atoms with Crippen LogP contribution in [0.15, 0.2) is 46.5 Å². The van der Waals surface area contributed by atoms with Crippen molar-refractivity contribution in [1.82, 2.24) is 9.97 Å². The number of hydrogen-bond acceptors (Lipinski definition) is 7. The van der Waals surface area contributed by atoms with E-state index in [1.807, 2.05) is 0 Å². The first-order chi connectivity index (χ1) is 8.70. The van der Waals surface area contributed by atoms with Crippen molar-refractivity contribution in [3.8, 4) is 0 Å². The summed E-state index contributed by atoms with van der Waals surface area (Å²) in [5, 5.41) is 11.4. The summed E-state index contributed by atoms with van der Waals surface area (Å²) >= 11 is 1.18. The van der Waals surface area contributed by atoms with E-state index >= 15 is 0 Å². The van der Waals surface area contributed by atoms with Crippen LogP contribution >= 0.6 is 11.8 Å². The monoisotopic (exact) mass is 263 g/mol. The molecule has 1 aromatic heterocycles. The molecular weight excluding hydrogens is 254 g/mol. The van der Waals surface area contributed by atoms with Crippen LogP contribution in [0.5, 0.6) is 0 Å². The Morgan fingerprint density at radius 3 is 2.83 bits per heavy atom. The van der Waals surface area contributed by atoms with Gasteiger partial charge in [-0.15, -0.1) is 0 Å². The first-order valence-corrected chi connectivity index (χ1v) is 5.73. The zero-order valence-electron chi connectivity index (χ0n) is 9.11. The van der Waals surface area contributed by atoms with E-state index in [9.17, 15) is 10.1 Å². The van der Waals surface area contributed by atoms with Crippen molar-refractivity contribution in [1.29, 1.82) is 0 Å². The van der Waals surface area contributed by atoms with Gasteiger partial charge in [-0.3, -0.25) is 15.5 Å². The number of aromatic nitrogens is 2. The third kappa shape index (κ3) is 2.73. The van der Waals surface area contributed by atoms with Crippen LogP contribution in [0.1, 0.15) is 0 Å². The highest BCUT2D eigenvalue weighted by atomic mass is 32.2. The van der Waals surface area contributed by atoms with Crippen LogP contribution < -0.4 is 11.3 Å². The van der Waals surface area contributed by atoms with Gasteiger partial charge in [0.15, 0.2) is 0 Å². The van der Waals surface area contributed by atoms with E-state index in [0.29, 0.717) is 9.92 Å². The Bertz CT molecular complexity index is 578. The lowest BCUT2D eigenvalue weighted by molar-refractivity contribution is -0.387. The molecular formula is C10H9N5O2S. The predicted octanol–water partition coefficient (Wildman–Crippen LogP) is 1.82. The van der Waals surface area contributed by atoms with E-state index in [1.54, 1.807) is 24.3 Å². The van der Waals surface area contributed by atoms with E-state index in [0.717, 1.165) is 0 Å². The van der Waals surface area contributed by atoms with Gasteiger partial charge in [0.25, 0.3) is 5.69 Å². The molecule has 0 aliphatic rings. The molecule has 2 rings (SSSR count). The van der Waals surface area contributed by atoms with Gasteiger partial charge in [0.05, 0.1) is 9.82 Å². The van der Waals surface area contributed by atoms with Gasteiger partial charge in [0, 0.05) is 12.3 Å². The molecule has 92 valence electrons. The first-order valence-electron chi connectivity index (χ1n) is 4.91. The number of para-hydroxylation sites is 1. The second-order valence-electron chi connectivity index (χ2n) is 3.19. The molecule has 0 aliphatic heterocycles. The highest BCUT2D eigenvalue weighted by molar-refractivity contribution is 7.99. The SMILES string of the molecule is NNc1nccc(Sc2ccccc2[N+](=O)[O-])n1. The maximum Gasteiger partial charge on any atom is 0.283 e. The Labute approximate surface area is 107 Å². The van der Waals surface area contributed by atoms with E-state index in [4.69, 9.17) is 5.84 Å². The second-order valence-corrected chi connectivity index (χ2v) is 4.25. The van der Waals surface area contributed by atoms with Gasteiger partial charge in [-0.1, -0.05) is 23.9 Å². The fraction of sp³-hybridized carbons (Fsp3) is 0. The quantitative estimate of drug-likeness (QED) is 0.375. The van der Waals surface area contributed by atoms with Crippen LogP contribution in [0.2, 0.25) is 0 Å². The molecule has 1 heterocycles. The van der Waals surface area contributed by atoms with Gasteiger partial charge in [0.1, 0.15) is 5.03 Å². The molecule has 0 aliphatic carbocycles. The summed E-state index contributed by atoms with van der Waals surface area (Å²) in [5.74, 6) is 5.46. The minimum atomic E-state index is -0.425. The van der Waals surface area contributed by atoms with Gasteiger partial charge in [0.2, 0.25) is 5.95 Å². The number of nitrogens with zero attached hydrogens (tertiary/aromatic N) is 3. The van der Waals surface area contributed by atoms with Crippen LogP contribution in [-0.4, -0.2) is 14.9 Å². The fourth-order valence-electron chi connectivity index (χ4n) is 1.28. The molecule has 0 spiro atoms. The van der Waals surface area contributed by atoms with Crippen LogP contribution in [0.25, 0.3) is 0 Å². The van der Waals surface area contributed by atoms with Crippen LogP contribution in [0, 0.1) is 10.1 Å². The van der Waals surface area contributed by atoms with Crippen molar-refractivity contribution in [2.24, 2.45) is 5.84 Å². The normalized spacial score (nSPS) is 10.1. The molecule has 3 N–H and O–H groups in total. The van der Waals surface area contributed by atoms with Crippen molar-refractivity contribution in [3.63, 3.8) is 0 Å². The summed E-state index contributed by atoms with van der Waals surface area (Å²) in [4.78, 5) is 18.9. The van der Waals surface area contributed by atoms with Crippen LogP contribution in [0.3, 0.4) is 0 Å². The Morgan fingerprint density at radius 1 is 1.33 bits per heavy atom. The highest BCUT2D eigenvalue weighted by Gasteiger charge is 2.14. The molecule has 7 nitrogen and oxygen atoms in total. The van der Waals surface area contributed by atoms with Crippen LogP contribution in [0.4, 0.5) is 11.6 Å². The van der Waals surface area contributed by atoms with Crippen molar-refractivity contribution < 1.29 is 4.92 Å². The van der Waals surface area contributed by atoms with Crippen molar-refractivity contribution in [2.45, 2.75) is 9.92 Å². The fourth-order valence-corrected chi connectivity index (χ4v) is 2.16. The van der Waals surface area contributed by atoms with Gasteiger partial charge in [-0.05, 0) is 12.1 Å². The summed E-state index contributed by atoms with van der Waals surface area (Å²) in [6.07, 6.45) is 1.53. The molecule has 18 heavy (non-hydrogen) atoms. The van der Waals surface area contributed by atoms with E-state index in [-0.39, 0.29) is 11.6 Å². The Hall–Kier alpha value is -2.19. The Balaban J connectivity index is 2.31. The van der Waals surface area contributed by atoms with E-state index in [1.165, 1.54) is 24.0 Å². The Morgan fingerprint density at radius 2 is 2.11 bits per heavy atom. The lowest BCUT2D eigenvalue weighted by Crippen LogP contribution is -2.10. The number of nitrogens with one attached hydrogen (secondary N) is 1. The molecule has 0 amide bonds. The molecule has 0 bridgehead atoms. The number of nitro groups is 1. The number of hydrogen-bond donors (Lipinski definition) is 2. The lowest BCUT2D eigenvalue weighted by Gasteiger charge is -2.03. The van der Waals surface area contributed by atoms with Crippen LogP contribution in [-0.2, 0) is 0 Å². The zero-order valence-corrected chi connectivity index (χ0v) is 9.92. The molecule has 2 aromatic rings. The number of nitrogen functional groups attached to an aromatic ring is 1. The minimum absolute atomic E-state index is 0.0448. The summed E-state index contributed by atoms with van der Waals surface area (Å²) in [7, 11) is 0. The molecule has 0 unspecified atom stereocenters. The predicted molar refractivity (Wildman–Crippen MR) is 67.1 cm³/mol. The van der Waals surface area contributed by atoms with E-state index in [2.05, 4.69) is 15.4 Å². The molecule has 0 saturated carbocycles. The number of hydrazine groups is 1. The molecule has 8 heteroatoms. The summed E-state index contributed by atoms with van der Waals surface area (Å²) in [6.45, 7) is 0. The smallest absolute Gasteiger partial charge is 0.283 e. The third-order valence-corrected chi connectivity index (χ3v) is 3.04. The Kier molecular flexibility index (Phi) is 3.70. The molecule has 1 aromatic carbocycles. The highest BCUT2D eigenvalue weighted by Crippen LogP contribution is 2.33. The summed E-state index contributed by atoms with van der Waals surface area (Å²) < 4.78 is 0. The minimum Gasteiger partial charge on any atom is -0.292 e. The van der Waals surface area contributed by atoms with Gasteiger partial charge >= 0.3 is 0 Å². The number of anilines is 1. The standard InChI is InChI=1S/C10H9N5O2S/c11-14-10-12-6-5-9(13-10)18-8-4-2-1-3-7(8)15(16)17/h1-6H,11H2,(H,12,13,14). The topological polar surface area (TPSA) is 107 Å². The number of nitro benzene ring substituents is 1. The maximum absolute atomic E-state index is 10.9. The number of benzene rings is 1. The first kappa shape index (κ1) is 12.3. The zero-order chi connectivity index (χ0) is 13.0. The average molecular weight is 263 g/mol. The number of nitrogens with two attached hydrogens (primary N) is 1. The second kappa shape index (κ2) is 5.43. The van der Waals surface area contributed by atoms with Crippen molar-refractivity contribution in [3.05, 3.63) is 46.6 Å². The molecule has 0 fully saturated rings. The number of rotatable bonds is 4. The van der Waals surface area contributed by atoms with Crippen molar-refractivity contribution in [2.75, 3.05) is 5.43 Å². The largest absolute Gasteiger partial charge is 0.292 e. The summed E-state index contributed by atoms with van der Waals surface area (Å²) in [6, 6.07) is 8.13. The average Bonchev–Trinajstić information content (AvgIpc) is 2.39. The summed E-state index contributed by atoms with van der Waals surface area (Å²) in [5.41, 5.74) is 2.37. The van der Waals surface area contributed by atoms with Gasteiger partial charge in [-0.2, -0.15) is 0 Å². The molecule has 0 radical (unpaired) electrons. The van der Waals surface area contributed by atoms with Gasteiger partial charge < -0.3 is 0 Å². The van der Waals surface area contributed by atoms with Gasteiger partial charge in [-0.25, -0.2) is 15.8 Å². The van der Waals surface area contributed by atoms with Crippen molar-refractivity contribution >= 4 is 23.4 Å². The maximum atomic E-state index is 10.9. The lowest BCUT2D eigenvalue weighted by atomic mass is 10.3.